The van der Waals surface area contributed by atoms with E-state index in [1.807, 2.05) is 48.5 Å². The molecule has 6 rings (SSSR count). The first-order valence-corrected chi connectivity index (χ1v) is 15.3. The minimum absolute atomic E-state index is 0.0806. The highest BCUT2D eigenvalue weighted by atomic mass is 79.9. The monoisotopic (exact) mass is 698 g/mol. The molecule has 0 aromatic heterocycles. The molecule has 0 amide bonds. The van der Waals surface area contributed by atoms with Gasteiger partial charge < -0.3 is 5.11 Å². The highest BCUT2D eigenvalue weighted by Crippen LogP contribution is 2.36. The van der Waals surface area contributed by atoms with Crippen molar-refractivity contribution in [2.45, 2.75) is 39.2 Å². The van der Waals surface area contributed by atoms with Gasteiger partial charge in [-0.2, -0.15) is 10.5 Å². The second-order valence-corrected chi connectivity index (χ2v) is 12.1. The number of nitriles is 2. The van der Waals surface area contributed by atoms with E-state index < -0.39 is 0 Å². The summed E-state index contributed by atoms with van der Waals surface area (Å²) >= 11 is 13.0. The average Bonchev–Trinajstić information content (AvgIpc) is 3.63. The van der Waals surface area contributed by atoms with Gasteiger partial charge in [0.25, 0.3) is 0 Å². The predicted molar refractivity (Wildman–Crippen MR) is 175 cm³/mol. The largest absolute Gasteiger partial charge is 0.392 e. The SMILES string of the molecule is Cc1c(Br)cccc1C1=Nc2cc(CCl)cc(C#N)c2C1.Cc1c(Br)cccc1C1=Nc2cc(CO)cc(C#N)c2C1. The highest BCUT2D eigenvalue weighted by molar-refractivity contribution is 9.10. The van der Waals surface area contributed by atoms with Gasteiger partial charge in [-0.3, -0.25) is 9.98 Å². The van der Waals surface area contributed by atoms with Gasteiger partial charge in [0.1, 0.15) is 0 Å². The molecular formula is C34H25Br2ClN4O. The molecule has 0 saturated carbocycles. The summed E-state index contributed by atoms with van der Waals surface area (Å²) in [6.45, 7) is 4.04. The van der Waals surface area contributed by atoms with Crippen molar-refractivity contribution in [2.75, 3.05) is 0 Å². The molecule has 2 aliphatic heterocycles. The summed E-state index contributed by atoms with van der Waals surface area (Å²) in [4.78, 5) is 9.40. The van der Waals surface area contributed by atoms with Crippen molar-refractivity contribution in [2.24, 2.45) is 9.98 Å². The van der Waals surface area contributed by atoms with Crippen LogP contribution in [-0.4, -0.2) is 16.5 Å². The number of fused-ring (bicyclic) bond motifs is 2. The predicted octanol–water partition coefficient (Wildman–Crippen LogP) is 8.84. The van der Waals surface area contributed by atoms with Crippen LogP contribution in [0.1, 0.15) is 55.6 Å². The van der Waals surface area contributed by atoms with Crippen LogP contribution in [0.25, 0.3) is 0 Å². The van der Waals surface area contributed by atoms with E-state index in [-0.39, 0.29) is 6.61 Å². The summed E-state index contributed by atoms with van der Waals surface area (Å²) in [7, 11) is 0. The van der Waals surface area contributed by atoms with Crippen LogP contribution in [0.2, 0.25) is 0 Å². The van der Waals surface area contributed by atoms with Gasteiger partial charge in [0.2, 0.25) is 0 Å². The van der Waals surface area contributed by atoms with Crippen molar-refractivity contribution in [3.05, 3.63) is 125 Å². The fraction of sp³-hybridized carbons (Fsp3) is 0.176. The normalized spacial score (nSPS) is 12.8. The Bertz CT molecular complexity index is 1750. The quantitative estimate of drug-likeness (QED) is 0.216. The second-order valence-electron chi connectivity index (χ2n) is 10.1. The zero-order valence-corrected chi connectivity index (χ0v) is 26.9. The zero-order valence-electron chi connectivity index (χ0n) is 23.0. The molecule has 0 spiro atoms. The van der Waals surface area contributed by atoms with E-state index in [1.165, 1.54) is 5.56 Å². The van der Waals surface area contributed by atoms with Gasteiger partial charge in [-0.1, -0.05) is 56.1 Å². The highest BCUT2D eigenvalue weighted by Gasteiger charge is 2.23. The molecule has 0 radical (unpaired) electrons. The first kappa shape index (κ1) is 29.9. The molecule has 0 aliphatic carbocycles. The van der Waals surface area contributed by atoms with Crippen molar-refractivity contribution in [3.8, 4) is 12.1 Å². The molecule has 8 heteroatoms. The lowest BCUT2D eigenvalue weighted by molar-refractivity contribution is 0.282. The Balaban J connectivity index is 0.000000168. The Hall–Kier alpha value is -3.59. The molecule has 4 aromatic carbocycles. The summed E-state index contributed by atoms with van der Waals surface area (Å²) in [5, 5.41) is 27.9. The Morgan fingerprint density at radius 1 is 0.762 bits per heavy atom. The number of hydrogen-bond donors (Lipinski definition) is 1. The number of aliphatic hydroxyl groups excluding tert-OH is 1. The van der Waals surface area contributed by atoms with Crippen LogP contribution >= 0.6 is 43.5 Å². The van der Waals surface area contributed by atoms with Crippen LogP contribution < -0.4 is 0 Å². The zero-order chi connectivity index (χ0) is 30.0. The van der Waals surface area contributed by atoms with Gasteiger partial charge in [0, 0.05) is 49.9 Å². The Morgan fingerprint density at radius 3 is 1.64 bits per heavy atom. The molecule has 0 fully saturated rings. The molecule has 2 aliphatic rings. The fourth-order valence-corrected chi connectivity index (χ4v) is 6.11. The summed E-state index contributed by atoms with van der Waals surface area (Å²) in [6, 6.07) is 24.0. The number of aliphatic hydroxyl groups is 1. The van der Waals surface area contributed by atoms with Crippen molar-refractivity contribution >= 4 is 66.3 Å². The number of halogens is 3. The van der Waals surface area contributed by atoms with Crippen molar-refractivity contribution in [1.82, 2.24) is 0 Å². The molecule has 4 aromatic rings. The lowest BCUT2D eigenvalue weighted by atomic mass is 9.97. The maximum atomic E-state index is 9.33. The van der Waals surface area contributed by atoms with Gasteiger partial charge in [-0.25, -0.2) is 0 Å². The first-order chi connectivity index (χ1) is 20.3. The number of nitrogens with zero attached hydrogens (tertiary/aromatic N) is 4. The van der Waals surface area contributed by atoms with Crippen molar-refractivity contribution in [1.29, 1.82) is 10.5 Å². The van der Waals surface area contributed by atoms with Gasteiger partial charge in [-0.15, -0.1) is 11.6 Å². The number of aliphatic imine (C=N–C) groups is 2. The van der Waals surface area contributed by atoms with E-state index >= 15 is 0 Å². The van der Waals surface area contributed by atoms with Crippen LogP contribution in [0.15, 0.2) is 79.6 Å². The van der Waals surface area contributed by atoms with Crippen LogP contribution in [0.3, 0.4) is 0 Å². The Morgan fingerprint density at radius 2 is 1.21 bits per heavy atom. The smallest absolute Gasteiger partial charge is 0.0995 e. The molecule has 0 bridgehead atoms. The molecule has 0 saturated heterocycles. The van der Waals surface area contributed by atoms with Crippen LogP contribution in [-0.2, 0) is 25.3 Å². The van der Waals surface area contributed by atoms with Gasteiger partial charge in [0.05, 0.1) is 52.7 Å². The van der Waals surface area contributed by atoms with Crippen molar-refractivity contribution in [3.63, 3.8) is 0 Å². The number of rotatable bonds is 4. The van der Waals surface area contributed by atoms with Crippen LogP contribution in [0, 0.1) is 36.5 Å². The van der Waals surface area contributed by atoms with Gasteiger partial charge in [0.15, 0.2) is 0 Å². The molecule has 0 atom stereocenters. The average molecular weight is 701 g/mol. The molecule has 42 heavy (non-hydrogen) atoms. The second kappa shape index (κ2) is 12.7. The third-order valence-electron chi connectivity index (χ3n) is 7.51. The van der Waals surface area contributed by atoms with Crippen molar-refractivity contribution < 1.29 is 5.11 Å². The third kappa shape index (κ3) is 5.84. The van der Waals surface area contributed by atoms with E-state index in [0.717, 1.165) is 70.7 Å². The number of benzene rings is 4. The summed E-state index contributed by atoms with van der Waals surface area (Å²) < 4.78 is 2.12. The molecule has 2 heterocycles. The molecule has 208 valence electrons. The van der Waals surface area contributed by atoms with E-state index in [1.54, 1.807) is 6.07 Å². The summed E-state index contributed by atoms with van der Waals surface area (Å²) in [5.74, 6) is 0.392. The third-order valence-corrected chi connectivity index (χ3v) is 9.53. The van der Waals surface area contributed by atoms with Gasteiger partial charge in [-0.05, 0) is 72.5 Å². The van der Waals surface area contributed by atoms with E-state index in [0.29, 0.717) is 29.8 Å². The van der Waals surface area contributed by atoms with E-state index in [2.05, 4.69) is 68.9 Å². The molecular weight excluding hydrogens is 676 g/mol. The van der Waals surface area contributed by atoms with E-state index in [9.17, 15) is 15.6 Å². The minimum Gasteiger partial charge on any atom is -0.392 e. The summed E-state index contributed by atoms with van der Waals surface area (Å²) in [5.41, 5.74) is 13.1. The van der Waals surface area contributed by atoms with Gasteiger partial charge >= 0.3 is 0 Å². The van der Waals surface area contributed by atoms with Crippen LogP contribution in [0.4, 0.5) is 11.4 Å². The fourth-order valence-electron chi connectivity index (χ4n) is 5.22. The standard InChI is InChI=1S/C17H12BrClN2.C17H13BrN2O/c1-10-13(3-2-4-15(10)18)17-7-14-12(9-20)5-11(8-19)6-16(14)21-17;1-10-13(3-2-4-15(10)18)17-7-14-12(8-19)5-11(9-21)6-16(14)20-17/h2-6H,7-8H2,1H3;2-6,21H,7,9H2,1H3. The molecule has 0 unspecified atom stereocenters. The number of alkyl halides is 1. The first-order valence-electron chi connectivity index (χ1n) is 13.2. The van der Waals surface area contributed by atoms with Crippen LogP contribution in [0.5, 0.6) is 0 Å². The maximum Gasteiger partial charge on any atom is 0.0995 e. The molecule has 5 nitrogen and oxygen atoms in total. The Labute approximate surface area is 267 Å². The Kier molecular flexibility index (Phi) is 9.06. The lowest BCUT2D eigenvalue weighted by Crippen LogP contribution is -2.04. The maximum absolute atomic E-state index is 9.33. The lowest BCUT2D eigenvalue weighted by Gasteiger charge is -2.07. The topological polar surface area (TPSA) is 92.5 Å². The van der Waals surface area contributed by atoms with E-state index in [4.69, 9.17) is 16.6 Å². The molecule has 1 N–H and O–H groups in total. The number of hydrogen-bond acceptors (Lipinski definition) is 5. The summed E-state index contributed by atoms with van der Waals surface area (Å²) in [6.07, 6.45) is 1.35. The minimum atomic E-state index is -0.0806.